The maximum absolute atomic E-state index is 12.8. The van der Waals surface area contributed by atoms with Gasteiger partial charge in [0.2, 0.25) is 0 Å². The third kappa shape index (κ3) is 6.02. The predicted molar refractivity (Wildman–Crippen MR) is 101 cm³/mol. The molecule has 0 amide bonds. The topological polar surface area (TPSA) is 127 Å². The molecule has 2 rings (SSSR count). The fourth-order valence-electron chi connectivity index (χ4n) is 4.04. The van der Waals surface area contributed by atoms with Crippen LogP contribution in [0.3, 0.4) is 0 Å². The van der Waals surface area contributed by atoms with Crippen LogP contribution >= 0.6 is 0 Å². The number of esters is 2. The third-order valence-corrected chi connectivity index (χ3v) is 7.54. The Morgan fingerprint density at radius 2 is 2.04 bits per heavy atom. The van der Waals surface area contributed by atoms with Crippen LogP contribution in [0.1, 0.15) is 45.4 Å². The zero-order valence-corrected chi connectivity index (χ0v) is 17.1. The van der Waals surface area contributed by atoms with E-state index in [1.807, 2.05) is 12.2 Å². The normalized spacial score (nSPS) is 36.2. The van der Waals surface area contributed by atoms with E-state index in [2.05, 4.69) is 4.74 Å². The van der Waals surface area contributed by atoms with Crippen LogP contribution in [-0.2, 0) is 28.9 Å². The average molecular weight is 419 g/mol. The number of aliphatic hydroxyl groups excluding tert-OH is 2. The van der Waals surface area contributed by atoms with Crippen LogP contribution in [0, 0.1) is 11.8 Å². The van der Waals surface area contributed by atoms with E-state index in [0.29, 0.717) is 12.8 Å². The first kappa shape index (κ1) is 22.8. The van der Waals surface area contributed by atoms with Crippen LogP contribution < -0.4 is 0 Å². The summed E-state index contributed by atoms with van der Waals surface area (Å²) in [4.78, 5) is 23.9. The Hall–Kier alpha value is -1.45. The van der Waals surface area contributed by atoms with Gasteiger partial charge in [-0.05, 0) is 50.9 Å². The summed E-state index contributed by atoms with van der Waals surface area (Å²) in [5.74, 6) is -3.35. The number of aliphatic hydroxyl groups is 2. The summed E-state index contributed by atoms with van der Waals surface area (Å²) in [6, 6.07) is 0. The van der Waals surface area contributed by atoms with Gasteiger partial charge in [-0.1, -0.05) is 12.2 Å². The van der Waals surface area contributed by atoms with E-state index in [-0.39, 0.29) is 18.4 Å². The lowest BCUT2D eigenvalue weighted by atomic mass is 9.87. The SMILES string of the molecule is COC(=O)CS(=O)(=O)[C@@H]1CC(=O)O[C@@H](C)CCC/C=C/[C@@H]2C[C@H](O)C[C@H]2[C@H]1O. The van der Waals surface area contributed by atoms with Gasteiger partial charge in [-0.25, -0.2) is 8.42 Å². The molecule has 1 aliphatic carbocycles. The lowest BCUT2D eigenvalue weighted by Crippen LogP contribution is -2.44. The Morgan fingerprint density at radius 3 is 2.71 bits per heavy atom. The minimum Gasteiger partial charge on any atom is -0.468 e. The third-order valence-electron chi connectivity index (χ3n) is 5.53. The predicted octanol–water partition coefficient (Wildman–Crippen LogP) is 0.753. The molecule has 9 heteroatoms. The summed E-state index contributed by atoms with van der Waals surface area (Å²) in [7, 11) is -3.11. The average Bonchev–Trinajstić information content (AvgIpc) is 2.98. The van der Waals surface area contributed by atoms with Gasteiger partial charge in [0.05, 0.1) is 37.1 Å². The van der Waals surface area contributed by atoms with E-state index in [1.165, 1.54) is 0 Å². The molecule has 1 aliphatic heterocycles. The van der Waals surface area contributed by atoms with Gasteiger partial charge in [-0.15, -0.1) is 0 Å². The van der Waals surface area contributed by atoms with E-state index in [9.17, 15) is 28.2 Å². The molecule has 1 fully saturated rings. The van der Waals surface area contributed by atoms with Crippen LogP contribution in [0.25, 0.3) is 0 Å². The van der Waals surface area contributed by atoms with Gasteiger partial charge in [0, 0.05) is 0 Å². The summed E-state index contributed by atoms with van der Waals surface area (Å²) < 4.78 is 35.3. The van der Waals surface area contributed by atoms with E-state index in [0.717, 1.165) is 20.0 Å². The molecule has 8 nitrogen and oxygen atoms in total. The van der Waals surface area contributed by atoms with Crippen molar-refractivity contribution in [1.82, 2.24) is 0 Å². The van der Waals surface area contributed by atoms with Crippen molar-refractivity contribution in [3.05, 3.63) is 12.2 Å². The lowest BCUT2D eigenvalue weighted by molar-refractivity contribution is -0.149. The smallest absolute Gasteiger partial charge is 0.320 e. The number of carbonyl (C=O) groups excluding carboxylic acids is 2. The van der Waals surface area contributed by atoms with Gasteiger partial charge < -0.3 is 19.7 Å². The van der Waals surface area contributed by atoms with Crippen LogP contribution in [-0.4, -0.2) is 67.0 Å². The molecule has 6 atom stereocenters. The molecule has 1 saturated carbocycles. The molecule has 0 bridgehead atoms. The lowest BCUT2D eigenvalue weighted by Gasteiger charge is -2.29. The second kappa shape index (κ2) is 9.84. The van der Waals surface area contributed by atoms with Crippen molar-refractivity contribution in [3.63, 3.8) is 0 Å². The van der Waals surface area contributed by atoms with Crippen molar-refractivity contribution in [3.8, 4) is 0 Å². The number of hydrogen-bond acceptors (Lipinski definition) is 8. The highest BCUT2D eigenvalue weighted by atomic mass is 32.2. The highest BCUT2D eigenvalue weighted by Gasteiger charge is 2.45. The molecule has 0 aromatic rings. The fraction of sp³-hybridized carbons (Fsp3) is 0.789. The second-order valence-corrected chi connectivity index (χ2v) is 9.95. The Labute approximate surface area is 165 Å². The first-order chi connectivity index (χ1) is 13.1. The maximum Gasteiger partial charge on any atom is 0.320 e. The number of carbonyl (C=O) groups is 2. The molecule has 2 N–H and O–H groups in total. The van der Waals surface area contributed by atoms with Gasteiger partial charge in [-0.2, -0.15) is 0 Å². The molecule has 1 heterocycles. The van der Waals surface area contributed by atoms with E-state index in [1.54, 1.807) is 6.92 Å². The molecule has 28 heavy (non-hydrogen) atoms. The number of cyclic esters (lactones) is 1. The van der Waals surface area contributed by atoms with Crippen molar-refractivity contribution in [2.45, 2.75) is 69.0 Å². The van der Waals surface area contributed by atoms with Gasteiger partial charge in [-0.3, -0.25) is 9.59 Å². The van der Waals surface area contributed by atoms with Crippen LogP contribution in [0.2, 0.25) is 0 Å². The van der Waals surface area contributed by atoms with E-state index >= 15 is 0 Å². The zero-order chi connectivity index (χ0) is 20.9. The molecule has 0 unspecified atom stereocenters. The molecular formula is C19H30O8S. The minimum absolute atomic E-state index is 0.199. The van der Waals surface area contributed by atoms with Gasteiger partial charge >= 0.3 is 11.9 Å². The molecule has 0 radical (unpaired) electrons. The zero-order valence-electron chi connectivity index (χ0n) is 16.3. The first-order valence-electron chi connectivity index (χ1n) is 9.64. The molecule has 0 aromatic heterocycles. The van der Waals surface area contributed by atoms with Gasteiger partial charge in [0.1, 0.15) is 5.75 Å². The largest absolute Gasteiger partial charge is 0.468 e. The Bertz CT molecular complexity index is 686. The molecular weight excluding hydrogens is 388 g/mol. The Balaban J connectivity index is 2.36. The number of rotatable bonds is 3. The summed E-state index contributed by atoms with van der Waals surface area (Å²) in [6.07, 6.45) is 3.75. The van der Waals surface area contributed by atoms with Crippen molar-refractivity contribution >= 4 is 21.8 Å². The van der Waals surface area contributed by atoms with Crippen molar-refractivity contribution in [1.29, 1.82) is 0 Å². The maximum atomic E-state index is 12.8. The summed E-state index contributed by atoms with van der Waals surface area (Å²) in [6.45, 7) is 1.74. The second-order valence-electron chi connectivity index (χ2n) is 7.73. The van der Waals surface area contributed by atoms with Crippen molar-refractivity contribution in [2.24, 2.45) is 11.8 Å². The van der Waals surface area contributed by atoms with Crippen LogP contribution in [0.5, 0.6) is 0 Å². The quantitative estimate of drug-likeness (QED) is 0.508. The van der Waals surface area contributed by atoms with Gasteiger partial charge in [0.25, 0.3) is 0 Å². The van der Waals surface area contributed by atoms with Crippen LogP contribution in [0.15, 0.2) is 12.2 Å². The van der Waals surface area contributed by atoms with Gasteiger partial charge in [0.15, 0.2) is 9.84 Å². The molecule has 2 aliphatic rings. The van der Waals surface area contributed by atoms with Crippen molar-refractivity contribution < 1.29 is 37.7 Å². The summed E-state index contributed by atoms with van der Waals surface area (Å²) in [5.41, 5.74) is 0. The number of allylic oxidation sites excluding steroid dienone is 2. The highest BCUT2D eigenvalue weighted by molar-refractivity contribution is 7.92. The standard InChI is InChI=1S/C19H30O8S/c1-12-6-4-3-5-7-13-8-14(20)9-15(13)19(23)16(10-17(21)27-12)28(24,25)11-18(22)26-2/h5,7,12-16,19-20,23H,3-4,6,8-11H2,1-2H3/b7-5+/t12-,13+,14-,15+,16+,19+/m0/s1. The van der Waals surface area contributed by atoms with Crippen LogP contribution in [0.4, 0.5) is 0 Å². The van der Waals surface area contributed by atoms with E-state index in [4.69, 9.17) is 4.74 Å². The summed E-state index contributed by atoms with van der Waals surface area (Å²) >= 11 is 0. The molecule has 0 spiro atoms. The molecule has 0 aromatic carbocycles. The Kier molecular flexibility index (Phi) is 8.03. The number of ether oxygens (including phenoxy) is 2. The fourth-order valence-corrected chi connectivity index (χ4v) is 5.72. The van der Waals surface area contributed by atoms with Crippen molar-refractivity contribution in [2.75, 3.05) is 12.9 Å². The highest BCUT2D eigenvalue weighted by Crippen LogP contribution is 2.38. The number of fused-ring (bicyclic) bond motifs is 1. The number of sulfone groups is 1. The monoisotopic (exact) mass is 418 g/mol. The van der Waals surface area contributed by atoms with E-state index < -0.39 is 57.3 Å². The number of hydrogen-bond donors (Lipinski definition) is 2. The molecule has 160 valence electrons. The summed E-state index contributed by atoms with van der Waals surface area (Å²) in [5, 5.41) is 19.5. The first-order valence-corrected chi connectivity index (χ1v) is 11.4. The number of methoxy groups -OCH3 is 1. The Morgan fingerprint density at radius 1 is 1.32 bits per heavy atom. The minimum atomic E-state index is -4.18. The molecule has 0 saturated heterocycles.